The number of nitrogens with zero attached hydrogens (tertiary/aromatic N) is 1. The molecule has 0 aliphatic carbocycles. The van der Waals surface area contributed by atoms with Crippen LogP contribution in [0.3, 0.4) is 0 Å². The average Bonchev–Trinajstić information content (AvgIpc) is 2.20. The molecule has 0 heterocycles. The molecular weight excluding hydrogens is 188 g/mol. The second-order valence-corrected chi connectivity index (χ2v) is 3.01. The summed E-state index contributed by atoms with van der Waals surface area (Å²) in [7, 11) is 0. The highest BCUT2D eigenvalue weighted by Gasteiger charge is 2.20. The first-order valence-electron chi connectivity index (χ1n) is 4.09. The first-order valence-corrected chi connectivity index (χ1v) is 4.09. The quantitative estimate of drug-likeness (QED) is 0.789. The van der Waals surface area contributed by atoms with E-state index in [-0.39, 0.29) is 5.56 Å². The molecule has 0 aromatic heterocycles. The molecule has 0 bridgehead atoms. The van der Waals surface area contributed by atoms with E-state index < -0.39 is 23.7 Å². The molecule has 1 aromatic rings. The predicted molar refractivity (Wildman–Crippen MR) is 46.1 cm³/mol. The minimum absolute atomic E-state index is 0.181. The second-order valence-electron chi connectivity index (χ2n) is 3.01. The van der Waals surface area contributed by atoms with Gasteiger partial charge in [0, 0.05) is 5.56 Å². The molecule has 4 heteroatoms. The lowest BCUT2D eigenvalue weighted by atomic mass is 9.98. The fraction of sp³-hybridized carbons (Fsp3) is 0.300. The van der Waals surface area contributed by atoms with Crippen molar-refractivity contribution in [1.29, 1.82) is 5.26 Å². The Kier molecular flexibility index (Phi) is 3.15. The zero-order valence-electron chi connectivity index (χ0n) is 7.54. The van der Waals surface area contributed by atoms with Gasteiger partial charge in [-0.15, -0.1) is 0 Å². The van der Waals surface area contributed by atoms with Gasteiger partial charge in [-0.25, -0.2) is 8.78 Å². The Morgan fingerprint density at radius 3 is 2.64 bits per heavy atom. The van der Waals surface area contributed by atoms with Crippen molar-refractivity contribution in [2.24, 2.45) is 5.92 Å². The first kappa shape index (κ1) is 10.6. The molecule has 2 nitrogen and oxygen atoms in total. The molecule has 0 saturated carbocycles. The van der Waals surface area contributed by atoms with Crippen molar-refractivity contribution in [2.45, 2.75) is 13.0 Å². The lowest BCUT2D eigenvalue weighted by molar-refractivity contribution is 0.137. The zero-order valence-corrected chi connectivity index (χ0v) is 7.54. The van der Waals surface area contributed by atoms with Crippen LogP contribution in [0.4, 0.5) is 8.78 Å². The molecule has 74 valence electrons. The number of nitriles is 1. The van der Waals surface area contributed by atoms with Gasteiger partial charge in [0.2, 0.25) is 0 Å². The third-order valence-corrected chi connectivity index (χ3v) is 1.98. The van der Waals surface area contributed by atoms with E-state index in [4.69, 9.17) is 5.26 Å². The highest BCUT2D eigenvalue weighted by molar-refractivity contribution is 5.22. The average molecular weight is 197 g/mol. The molecule has 0 fully saturated rings. The number of halogens is 2. The molecule has 1 aromatic carbocycles. The SMILES string of the molecule is CC(C#N)C(O)c1cccc(F)c1F. The van der Waals surface area contributed by atoms with E-state index in [1.807, 2.05) is 0 Å². The van der Waals surface area contributed by atoms with E-state index in [1.165, 1.54) is 19.1 Å². The highest BCUT2D eigenvalue weighted by atomic mass is 19.2. The van der Waals surface area contributed by atoms with Gasteiger partial charge in [-0.1, -0.05) is 12.1 Å². The maximum Gasteiger partial charge on any atom is 0.164 e. The summed E-state index contributed by atoms with van der Waals surface area (Å²) >= 11 is 0. The smallest absolute Gasteiger partial charge is 0.164 e. The van der Waals surface area contributed by atoms with Crippen LogP contribution in [-0.2, 0) is 0 Å². The van der Waals surface area contributed by atoms with Crippen molar-refractivity contribution >= 4 is 0 Å². The van der Waals surface area contributed by atoms with E-state index in [2.05, 4.69) is 0 Å². The number of hydrogen-bond acceptors (Lipinski definition) is 2. The molecule has 2 unspecified atom stereocenters. The summed E-state index contributed by atoms with van der Waals surface area (Å²) in [4.78, 5) is 0. The van der Waals surface area contributed by atoms with E-state index >= 15 is 0 Å². The number of rotatable bonds is 2. The van der Waals surface area contributed by atoms with Crippen molar-refractivity contribution in [1.82, 2.24) is 0 Å². The van der Waals surface area contributed by atoms with Gasteiger partial charge in [0.25, 0.3) is 0 Å². The molecule has 1 N–H and O–H groups in total. The molecule has 0 aliphatic rings. The van der Waals surface area contributed by atoms with Gasteiger partial charge in [-0.05, 0) is 13.0 Å². The Hall–Kier alpha value is -1.47. The Balaban J connectivity index is 3.08. The van der Waals surface area contributed by atoms with Gasteiger partial charge in [0.1, 0.15) is 0 Å². The lowest BCUT2D eigenvalue weighted by Gasteiger charge is -2.13. The summed E-state index contributed by atoms with van der Waals surface area (Å²) in [6.45, 7) is 1.44. The van der Waals surface area contributed by atoms with Crippen LogP contribution in [0.25, 0.3) is 0 Å². The molecule has 0 spiro atoms. The van der Waals surface area contributed by atoms with Crippen molar-refractivity contribution < 1.29 is 13.9 Å². The predicted octanol–water partition coefficient (Wildman–Crippen LogP) is 2.16. The largest absolute Gasteiger partial charge is 0.387 e. The van der Waals surface area contributed by atoms with Crippen LogP contribution in [0.15, 0.2) is 18.2 Å². The molecule has 0 aliphatic heterocycles. The number of hydrogen-bond donors (Lipinski definition) is 1. The number of aliphatic hydroxyl groups excluding tert-OH is 1. The molecule has 0 radical (unpaired) electrons. The van der Waals surface area contributed by atoms with E-state index in [9.17, 15) is 13.9 Å². The second kappa shape index (κ2) is 4.16. The third kappa shape index (κ3) is 1.88. The molecule has 14 heavy (non-hydrogen) atoms. The van der Waals surface area contributed by atoms with Crippen molar-refractivity contribution in [3.63, 3.8) is 0 Å². The Morgan fingerprint density at radius 2 is 2.07 bits per heavy atom. The summed E-state index contributed by atoms with van der Waals surface area (Å²) in [6, 6.07) is 5.29. The van der Waals surface area contributed by atoms with Crippen LogP contribution in [0, 0.1) is 28.9 Å². The molecular formula is C10H9F2NO. The van der Waals surface area contributed by atoms with Gasteiger partial charge in [0.05, 0.1) is 18.1 Å². The topological polar surface area (TPSA) is 44.0 Å². The van der Waals surface area contributed by atoms with Crippen LogP contribution < -0.4 is 0 Å². The molecule has 0 saturated heterocycles. The van der Waals surface area contributed by atoms with Crippen LogP contribution in [-0.4, -0.2) is 5.11 Å². The zero-order chi connectivity index (χ0) is 10.7. The maximum atomic E-state index is 13.1. The number of aliphatic hydroxyl groups is 1. The molecule has 2 atom stereocenters. The van der Waals surface area contributed by atoms with Crippen LogP contribution in [0.1, 0.15) is 18.6 Å². The third-order valence-electron chi connectivity index (χ3n) is 1.98. The van der Waals surface area contributed by atoms with Gasteiger partial charge in [-0.2, -0.15) is 5.26 Å². The fourth-order valence-corrected chi connectivity index (χ4v) is 1.09. The van der Waals surface area contributed by atoms with E-state index in [1.54, 1.807) is 6.07 Å². The summed E-state index contributed by atoms with van der Waals surface area (Å²) in [5, 5.41) is 18.0. The summed E-state index contributed by atoms with van der Waals surface area (Å²) in [5.41, 5.74) is -0.181. The summed E-state index contributed by atoms with van der Waals surface area (Å²) in [5.74, 6) is -2.89. The van der Waals surface area contributed by atoms with Crippen molar-refractivity contribution in [2.75, 3.05) is 0 Å². The first-order chi connectivity index (χ1) is 6.57. The Labute approximate surface area is 80.4 Å². The van der Waals surface area contributed by atoms with Gasteiger partial charge in [-0.3, -0.25) is 0 Å². The van der Waals surface area contributed by atoms with E-state index in [0.717, 1.165) is 6.07 Å². The highest BCUT2D eigenvalue weighted by Crippen LogP contribution is 2.24. The van der Waals surface area contributed by atoms with Crippen LogP contribution in [0.2, 0.25) is 0 Å². The van der Waals surface area contributed by atoms with E-state index in [0.29, 0.717) is 0 Å². The fourth-order valence-electron chi connectivity index (χ4n) is 1.09. The van der Waals surface area contributed by atoms with Crippen molar-refractivity contribution in [3.05, 3.63) is 35.4 Å². The molecule has 1 rings (SSSR count). The number of benzene rings is 1. The minimum Gasteiger partial charge on any atom is -0.387 e. The van der Waals surface area contributed by atoms with Crippen LogP contribution >= 0.6 is 0 Å². The van der Waals surface area contributed by atoms with Crippen LogP contribution in [0.5, 0.6) is 0 Å². The molecule has 0 amide bonds. The van der Waals surface area contributed by atoms with Gasteiger partial charge in [0.15, 0.2) is 11.6 Å². The Morgan fingerprint density at radius 1 is 1.43 bits per heavy atom. The van der Waals surface area contributed by atoms with Gasteiger partial charge >= 0.3 is 0 Å². The Bertz CT molecular complexity index is 373. The normalized spacial score (nSPS) is 14.5. The lowest BCUT2D eigenvalue weighted by Crippen LogP contribution is -2.09. The van der Waals surface area contributed by atoms with Gasteiger partial charge < -0.3 is 5.11 Å². The van der Waals surface area contributed by atoms with Crippen molar-refractivity contribution in [3.8, 4) is 6.07 Å². The maximum absolute atomic E-state index is 13.1. The summed E-state index contributed by atoms with van der Waals surface area (Å²) in [6.07, 6.45) is -1.30. The summed E-state index contributed by atoms with van der Waals surface area (Å²) < 4.78 is 25.8. The standard InChI is InChI=1S/C10H9F2NO/c1-6(5-13)10(14)7-3-2-4-8(11)9(7)12/h2-4,6,10,14H,1H3. The minimum atomic E-state index is -1.30. The monoisotopic (exact) mass is 197 g/mol.